The molecule has 2 aliphatic rings. The lowest BCUT2D eigenvalue weighted by molar-refractivity contribution is 0.380. The van der Waals surface area contributed by atoms with Crippen molar-refractivity contribution in [2.24, 2.45) is 11.7 Å². The molecular weight excluding hydrogens is 212 g/mol. The van der Waals surface area contributed by atoms with Crippen LogP contribution in [0.25, 0.3) is 0 Å². The van der Waals surface area contributed by atoms with Gasteiger partial charge in [0, 0.05) is 12.0 Å². The van der Waals surface area contributed by atoms with Gasteiger partial charge in [-0.15, -0.1) is 0 Å². The molecule has 0 unspecified atom stereocenters. The van der Waals surface area contributed by atoms with Crippen LogP contribution in [0.2, 0.25) is 0 Å². The lowest BCUT2D eigenvalue weighted by Gasteiger charge is -2.29. The number of nitrogens with two attached hydrogens (primary N) is 1. The quantitative estimate of drug-likeness (QED) is 0.724. The minimum atomic E-state index is 0.312. The fourth-order valence-electron chi connectivity index (χ4n) is 2.87. The zero-order valence-corrected chi connectivity index (χ0v) is 9.85. The van der Waals surface area contributed by atoms with Crippen LogP contribution in [0.4, 0.5) is 0 Å². The highest BCUT2D eigenvalue weighted by Crippen LogP contribution is 2.47. The maximum Gasteiger partial charge on any atom is 0.0825 e. The predicted molar refractivity (Wildman–Crippen MR) is 66.4 cm³/mol. The molecule has 0 atom stereocenters. The second kappa shape index (κ2) is 3.74. The number of hydrogen-bond acceptors (Lipinski definition) is 2. The molecule has 2 rings (SSSR count). The molecular formula is C10H16N2S2. The van der Waals surface area contributed by atoms with Gasteiger partial charge in [-0.05, 0) is 38.0 Å². The molecule has 2 aliphatic carbocycles. The van der Waals surface area contributed by atoms with E-state index in [0.29, 0.717) is 16.9 Å². The van der Waals surface area contributed by atoms with Gasteiger partial charge in [0.1, 0.15) is 0 Å². The minimum Gasteiger partial charge on any atom is -0.393 e. The van der Waals surface area contributed by atoms with E-state index in [1.807, 2.05) is 0 Å². The first-order valence-electron chi connectivity index (χ1n) is 5.19. The number of hydrogen-bond donors (Lipinski definition) is 2. The number of thiocarbonyl (C=S) groups is 2. The van der Waals surface area contributed by atoms with Crippen molar-refractivity contribution < 1.29 is 0 Å². The summed E-state index contributed by atoms with van der Waals surface area (Å²) in [7, 11) is 0. The minimum absolute atomic E-state index is 0.312. The summed E-state index contributed by atoms with van der Waals surface area (Å²) in [4.78, 5) is 1.33. The van der Waals surface area contributed by atoms with Gasteiger partial charge in [-0.3, -0.25) is 0 Å². The number of rotatable bonds is 3. The Bertz CT molecular complexity index is 267. The first-order valence-corrected chi connectivity index (χ1v) is 6.01. The van der Waals surface area contributed by atoms with Crippen LogP contribution < -0.4 is 11.1 Å². The summed E-state index contributed by atoms with van der Waals surface area (Å²) < 4.78 is 0. The molecule has 78 valence electrons. The third kappa shape index (κ3) is 2.06. The first-order chi connectivity index (χ1) is 6.60. The van der Waals surface area contributed by atoms with Crippen molar-refractivity contribution in [2.75, 3.05) is 0 Å². The summed E-state index contributed by atoms with van der Waals surface area (Å²) in [5.74, 6) is 0.940. The topological polar surface area (TPSA) is 38.0 Å². The Balaban J connectivity index is 1.90. The van der Waals surface area contributed by atoms with Crippen LogP contribution in [0.3, 0.4) is 0 Å². The predicted octanol–water partition coefficient (Wildman–Crippen LogP) is 1.91. The van der Waals surface area contributed by atoms with Gasteiger partial charge in [-0.25, -0.2) is 0 Å². The summed E-state index contributed by atoms with van der Waals surface area (Å²) in [6.45, 7) is 0. The van der Waals surface area contributed by atoms with E-state index in [0.717, 1.165) is 10.9 Å². The Morgan fingerprint density at radius 1 is 1.36 bits per heavy atom. The largest absolute Gasteiger partial charge is 0.393 e. The van der Waals surface area contributed by atoms with Crippen molar-refractivity contribution in [3.8, 4) is 0 Å². The van der Waals surface area contributed by atoms with Gasteiger partial charge in [0.25, 0.3) is 0 Å². The average molecular weight is 228 g/mol. The zero-order valence-electron chi connectivity index (χ0n) is 8.21. The standard InChI is InChI=1S/C10H16N2S2/c11-8(13)5-9(14)12-10-3-1-7(6-10)2-4-10/h7H,1-6H2,(H2,11,13)(H,12,14). The van der Waals surface area contributed by atoms with Gasteiger partial charge in [0.05, 0.1) is 9.98 Å². The lowest BCUT2D eigenvalue weighted by atomic mass is 9.94. The Hall–Kier alpha value is -0.220. The third-order valence-electron chi connectivity index (χ3n) is 3.48. The van der Waals surface area contributed by atoms with E-state index in [-0.39, 0.29) is 0 Å². The van der Waals surface area contributed by atoms with Crippen molar-refractivity contribution in [1.29, 1.82) is 0 Å². The molecule has 0 saturated heterocycles. The van der Waals surface area contributed by atoms with Crippen molar-refractivity contribution in [3.05, 3.63) is 0 Å². The molecule has 14 heavy (non-hydrogen) atoms. The maximum atomic E-state index is 5.47. The van der Waals surface area contributed by atoms with E-state index >= 15 is 0 Å². The van der Waals surface area contributed by atoms with Crippen molar-refractivity contribution in [2.45, 2.75) is 44.1 Å². The van der Waals surface area contributed by atoms with Crippen LogP contribution in [0.5, 0.6) is 0 Å². The van der Waals surface area contributed by atoms with Crippen LogP contribution in [0, 0.1) is 5.92 Å². The summed E-state index contributed by atoms with van der Waals surface area (Å²) in [6.07, 6.45) is 7.14. The van der Waals surface area contributed by atoms with E-state index in [9.17, 15) is 0 Å². The SMILES string of the molecule is NC(=S)CC(=S)NC12CCC(CC1)C2. The fraction of sp³-hybridized carbons (Fsp3) is 0.800. The maximum absolute atomic E-state index is 5.47. The Labute approximate surface area is 95.6 Å². The molecule has 0 aliphatic heterocycles. The molecule has 2 bridgehead atoms. The normalized spacial score (nSPS) is 34.4. The second-order valence-electron chi connectivity index (χ2n) is 4.62. The molecule has 0 aromatic carbocycles. The number of nitrogens with one attached hydrogen (secondary N) is 1. The Morgan fingerprint density at radius 3 is 2.43 bits per heavy atom. The van der Waals surface area contributed by atoms with Gasteiger partial charge < -0.3 is 11.1 Å². The van der Waals surface area contributed by atoms with Crippen LogP contribution >= 0.6 is 24.4 Å². The van der Waals surface area contributed by atoms with Gasteiger partial charge in [0.2, 0.25) is 0 Å². The van der Waals surface area contributed by atoms with Gasteiger partial charge >= 0.3 is 0 Å². The molecule has 0 aromatic rings. The van der Waals surface area contributed by atoms with Crippen LogP contribution in [0.15, 0.2) is 0 Å². The summed E-state index contributed by atoms with van der Waals surface area (Å²) in [6, 6.07) is 0. The Kier molecular flexibility index (Phi) is 2.75. The van der Waals surface area contributed by atoms with Crippen LogP contribution in [0.1, 0.15) is 38.5 Å². The van der Waals surface area contributed by atoms with Gasteiger partial charge in [-0.2, -0.15) is 0 Å². The second-order valence-corrected chi connectivity index (χ2v) is 5.64. The molecule has 2 nitrogen and oxygen atoms in total. The molecule has 0 aromatic heterocycles. The smallest absolute Gasteiger partial charge is 0.0825 e. The van der Waals surface area contributed by atoms with Crippen molar-refractivity contribution >= 4 is 34.4 Å². The highest BCUT2D eigenvalue weighted by molar-refractivity contribution is 7.82. The summed E-state index contributed by atoms with van der Waals surface area (Å²) >= 11 is 10.1. The molecule has 2 fully saturated rings. The van der Waals surface area contributed by atoms with Gasteiger partial charge in [-0.1, -0.05) is 24.4 Å². The Morgan fingerprint density at radius 2 is 2.00 bits per heavy atom. The molecule has 4 heteroatoms. The van der Waals surface area contributed by atoms with Crippen molar-refractivity contribution in [1.82, 2.24) is 5.32 Å². The lowest BCUT2D eigenvalue weighted by Crippen LogP contribution is -2.45. The van der Waals surface area contributed by atoms with Gasteiger partial charge in [0.15, 0.2) is 0 Å². The monoisotopic (exact) mass is 228 g/mol. The van der Waals surface area contributed by atoms with Crippen molar-refractivity contribution in [3.63, 3.8) is 0 Å². The number of fused-ring (bicyclic) bond motifs is 2. The van der Waals surface area contributed by atoms with E-state index in [1.165, 1.54) is 32.1 Å². The zero-order chi connectivity index (χ0) is 10.2. The molecule has 0 spiro atoms. The molecule has 0 radical (unpaired) electrons. The molecule has 2 saturated carbocycles. The highest BCUT2D eigenvalue weighted by atomic mass is 32.1. The molecule has 3 N–H and O–H groups in total. The fourth-order valence-corrected chi connectivity index (χ4v) is 3.47. The van der Waals surface area contributed by atoms with E-state index in [1.54, 1.807) is 0 Å². The molecule has 0 heterocycles. The third-order valence-corrected chi connectivity index (χ3v) is 3.87. The van der Waals surface area contributed by atoms with Crippen LogP contribution in [-0.4, -0.2) is 15.5 Å². The highest BCUT2D eigenvalue weighted by Gasteiger charge is 2.44. The summed E-state index contributed by atoms with van der Waals surface area (Å²) in [5, 5.41) is 3.48. The van der Waals surface area contributed by atoms with E-state index in [4.69, 9.17) is 30.2 Å². The first kappa shape index (κ1) is 10.3. The van der Waals surface area contributed by atoms with Crippen LogP contribution in [-0.2, 0) is 0 Å². The van der Waals surface area contributed by atoms with E-state index in [2.05, 4.69) is 5.32 Å². The van der Waals surface area contributed by atoms with E-state index < -0.39 is 0 Å². The average Bonchev–Trinajstić information content (AvgIpc) is 2.60. The molecule has 0 amide bonds. The summed E-state index contributed by atoms with van der Waals surface area (Å²) in [5.41, 5.74) is 5.78.